The molecule has 4 rings (SSSR count). The molecule has 5 N–H and O–H groups in total. The average molecular weight is 631 g/mol. The zero-order valence-corrected chi connectivity index (χ0v) is 26.6. The smallest absolute Gasteiger partial charge is 0.326 e. The Morgan fingerprint density at radius 3 is 2.19 bits per heavy atom. The van der Waals surface area contributed by atoms with Crippen molar-refractivity contribution in [1.82, 2.24) is 0 Å². The van der Waals surface area contributed by atoms with E-state index in [1.54, 1.807) is 0 Å². The Morgan fingerprint density at radius 2 is 1.56 bits per heavy atom. The van der Waals surface area contributed by atoms with E-state index in [-0.39, 0.29) is 48.0 Å². The highest BCUT2D eigenvalue weighted by molar-refractivity contribution is 7.51. The second-order valence-electron chi connectivity index (χ2n) is 14.5. The number of fused-ring (bicyclic) bond motifs is 5. The summed E-state index contributed by atoms with van der Waals surface area (Å²) in [6.45, 7) is 6.21. The fraction of sp³-hybridized carbons (Fsp3) is 0.903. The van der Waals surface area contributed by atoms with Gasteiger partial charge in [0.1, 0.15) is 0 Å². The van der Waals surface area contributed by atoms with Crippen LogP contribution < -0.4 is 0 Å². The maximum atomic E-state index is 12.4. The van der Waals surface area contributed by atoms with Crippen molar-refractivity contribution in [2.75, 3.05) is 13.0 Å². The fourth-order valence-electron chi connectivity index (χ4n) is 9.88. The number of aliphatic carboxylic acids is 1. The Labute approximate surface area is 254 Å². The maximum Gasteiger partial charge on any atom is 0.326 e. The zero-order valence-electron chi connectivity index (χ0n) is 25.7. The number of carboxylic acids is 1. The van der Waals surface area contributed by atoms with Crippen molar-refractivity contribution in [2.45, 2.75) is 110 Å². The first-order valence-electron chi connectivity index (χ1n) is 16.0. The molecule has 4 aliphatic carbocycles. The number of aliphatic hydroxyl groups is 2. The molecule has 0 aromatic carbocycles. The second kappa shape index (κ2) is 13.5. The Morgan fingerprint density at radius 1 is 0.907 bits per heavy atom. The summed E-state index contributed by atoms with van der Waals surface area (Å²) in [5.74, 6) is -1.60. The molecule has 12 heteroatoms. The van der Waals surface area contributed by atoms with E-state index in [9.17, 15) is 29.2 Å². The van der Waals surface area contributed by atoms with Gasteiger partial charge in [-0.15, -0.1) is 0 Å². The Kier molecular flexibility index (Phi) is 10.7. The van der Waals surface area contributed by atoms with Crippen LogP contribution in [0.1, 0.15) is 97.8 Å². The van der Waals surface area contributed by atoms with Crippen molar-refractivity contribution in [3.05, 3.63) is 0 Å². The molecule has 0 radical (unpaired) electrons. The molecule has 0 spiro atoms. The van der Waals surface area contributed by atoms with Gasteiger partial charge >= 0.3 is 25.5 Å². The van der Waals surface area contributed by atoms with Gasteiger partial charge in [0, 0.05) is 12.8 Å². The summed E-state index contributed by atoms with van der Waals surface area (Å²) in [7, 11) is -4.55. The van der Waals surface area contributed by atoms with Gasteiger partial charge in [0.25, 0.3) is 0 Å². The van der Waals surface area contributed by atoms with Gasteiger partial charge in [0.05, 0.1) is 24.3 Å². The van der Waals surface area contributed by atoms with E-state index in [0.717, 1.165) is 51.4 Å². The molecule has 7 unspecified atom stereocenters. The van der Waals surface area contributed by atoms with Crippen LogP contribution >= 0.6 is 7.60 Å². The number of rotatable bonds is 12. The number of hydrogen-bond acceptors (Lipinski definition) is 8. The number of hydrogen-bond donors (Lipinski definition) is 5. The van der Waals surface area contributed by atoms with Crippen LogP contribution in [-0.2, 0) is 28.4 Å². The first kappa shape index (κ1) is 34.4. The van der Waals surface area contributed by atoms with Crippen molar-refractivity contribution in [3.8, 4) is 0 Å². The van der Waals surface area contributed by atoms with Crippen LogP contribution in [-0.4, -0.2) is 68.2 Å². The molecule has 0 amide bonds. The van der Waals surface area contributed by atoms with Gasteiger partial charge in [-0.1, -0.05) is 20.8 Å². The van der Waals surface area contributed by atoms with Crippen LogP contribution in [0.3, 0.4) is 0 Å². The third-order valence-electron chi connectivity index (χ3n) is 12.3. The molecule has 0 aliphatic heterocycles. The topological polar surface area (TPSA) is 188 Å². The lowest BCUT2D eigenvalue weighted by Crippen LogP contribution is -2.58. The largest absolute Gasteiger partial charge is 0.481 e. The van der Waals surface area contributed by atoms with Gasteiger partial charge in [-0.05, 0) is 111 Å². The first-order valence-corrected chi connectivity index (χ1v) is 17.8. The summed E-state index contributed by atoms with van der Waals surface area (Å²) in [5.41, 5.74) is -0.0206. The summed E-state index contributed by atoms with van der Waals surface area (Å²) in [4.78, 5) is 53.5. The number of ether oxygens (including phenoxy) is 2. The molecular formula is C31H51O11P. The minimum Gasteiger partial charge on any atom is -0.481 e. The van der Waals surface area contributed by atoms with Crippen LogP contribution in [0.15, 0.2) is 0 Å². The highest BCUT2D eigenvalue weighted by Gasteiger charge is 2.63. The molecule has 246 valence electrons. The lowest BCUT2D eigenvalue weighted by atomic mass is 9.43. The molecule has 11 atom stereocenters. The number of carbonyl (C=O) groups excluding carboxylic acids is 2. The molecule has 0 heterocycles. The van der Waals surface area contributed by atoms with Gasteiger partial charge in [0.2, 0.25) is 6.79 Å². The summed E-state index contributed by atoms with van der Waals surface area (Å²) < 4.78 is 21.0. The van der Waals surface area contributed by atoms with E-state index in [1.807, 2.05) is 0 Å². The van der Waals surface area contributed by atoms with Crippen LogP contribution in [0.5, 0.6) is 0 Å². The standard InChI is InChI=1S/C31H51O11P/c1-18(4-10-27(34)41-17-42-28(35)11-5-19(29(36)37)16-43(38,39)40)23-8-9-24-22-7-6-20-14-21(32)12-13-30(20,2)25(22)15-26(33)31(23,24)3/h18-26,32-33H,4-17H2,1-3H3,(H,36,37)(H2,38,39,40)/t18-,19?,20?,21-,22?,23?,24?,25?,26+,30?,31-/m1/s1. The summed E-state index contributed by atoms with van der Waals surface area (Å²) >= 11 is 0. The molecule has 0 aromatic rings. The molecule has 4 fully saturated rings. The minimum atomic E-state index is -4.55. The molecule has 0 aromatic heterocycles. The number of carboxylic acid groups (broad SMARTS) is 1. The number of esters is 2. The lowest BCUT2D eigenvalue weighted by molar-refractivity contribution is -0.175. The van der Waals surface area contributed by atoms with Crippen molar-refractivity contribution >= 4 is 25.5 Å². The Bertz CT molecular complexity index is 1080. The summed E-state index contributed by atoms with van der Waals surface area (Å²) in [6.07, 6.45) is 6.60. The van der Waals surface area contributed by atoms with Crippen LogP contribution in [0.4, 0.5) is 0 Å². The van der Waals surface area contributed by atoms with Crippen LogP contribution in [0.2, 0.25) is 0 Å². The van der Waals surface area contributed by atoms with Crippen molar-refractivity contribution < 1.29 is 53.5 Å². The normalized spacial score (nSPS) is 38.6. The Hall–Kier alpha value is -1.52. The van der Waals surface area contributed by atoms with Crippen molar-refractivity contribution in [3.63, 3.8) is 0 Å². The second-order valence-corrected chi connectivity index (χ2v) is 16.2. The van der Waals surface area contributed by atoms with Gasteiger partial charge in [-0.3, -0.25) is 18.9 Å². The summed E-state index contributed by atoms with van der Waals surface area (Å²) in [5, 5.41) is 31.1. The monoisotopic (exact) mass is 630 g/mol. The molecule has 11 nitrogen and oxygen atoms in total. The highest BCUT2D eigenvalue weighted by Crippen LogP contribution is 2.68. The third-order valence-corrected chi connectivity index (χ3v) is 13.2. The molecule has 4 aliphatic rings. The van der Waals surface area contributed by atoms with E-state index in [2.05, 4.69) is 20.8 Å². The van der Waals surface area contributed by atoms with Crippen LogP contribution in [0, 0.1) is 52.3 Å². The molecular weight excluding hydrogens is 579 g/mol. The zero-order chi connectivity index (χ0) is 31.7. The van der Waals surface area contributed by atoms with Gasteiger partial charge in [-0.2, -0.15) is 0 Å². The minimum absolute atomic E-state index is 0.142. The SMILES string of the molecule is C[C@H](CCC(=O)OCOC(=O)CCC(CP(=O)(O)O)C(=O)O)C1CCC2C3CCC4C[C@H](O)CCC4(C)C3C[C@H](O)[C@@]21C. The van der Waals surface area contributed by atoms with Gasteiger partial charge in [0.15, 0.2) is 0 Å². The van der Waals surface area contributed by atoms with Gasteiger partial charge in [-0.25, -0.2) is 0 Å². The lowest BCUT2D eigenvalue weighted by Gasteiger charge is -2.62. The van der Waals surface area contributed by atoms with E-state index in [1.165, 1.54) is 0 Å². The maximum absolute atomic E-state index is 12.4. The van der Waals surface area contributed by atoms with Gasteiger partial charge < -0.3 is 34.6 Å². The third kappa shape index (κ3) is 7.49. The first-order chi connectivity index (χ1) is 20.1. The van der Waals surface area contributed by atoms with Crippen molar-refractivity contribution in [1.29, 1.82) is 0 Å². The number of aliphatic hydroxyl groups excluding tert-OH is 2. The van der Waals surface area contributed by atoms with Crippen LogP contribution in [0.25, 0.3) is 0 Å². The molecule has 43 heavy (non-hydrogen) atoms. The van der Waals surface area contributed by atoms with E-state index < -0.39 is 50.5 Å². The Balaban J connectivity index is 1.23. The molecule has 4 saturated carbocycles. The predicted octanol–water partition coefficient (Wildman–Crippen LogP) is 4.10. The van der Waals surface area contributed by atoms with E-state index in [4.69, 9.17) is 24.4 Å². The predicted molar refractivity (Wildman–Crippen MR) is 155 cm³/mol. The quantitative estimate of drug-likeness (QED) is 0.119. The highest BCUT2D eigenvalue weighted by atomic mass is 31.2. The average Bonchev–Trinajstić information content (AvgIpc) is 3.28. The fourth-order valence-corrected chi connectivity index (χ4v) is 10.8. The molecule has 0 bridgehead atoms. The van der Waals surface area contributed by atoms with E-state index >= 15 is 0 Å². The number of carbonyl (C=O) groups is 3. The summed E-state index contributed by atoms with van der Waals surface area (Å²) in [6, 6.07) is 0. The van der Waals surface area contributed by atoms with Crippen molar-refractivity contribution in [2.24, 2.45) is 52.3 Å². The van der Waals surface area contributed by atoms with E-state index in [0.29, 0.717) is 30.1 Å². The molecule has 0 saturated heterocycles.